The Morgan fingerprint density at radius 1 is 1.17 bits per heavy atom. The van der Waals surface area contributed by atoms with Crippen molar-refractivity contribution < 1.29 is 19.0 Å². The third kappa shape index (κ3) is 5.06. The lowest BCUT2D eigenvalue weighted by atomic mass is 10.2. The van der Waals surface area contributed by atoms with Gasteiger partial charge < -0.3 is 14.2 Å². The van der Waals surface area contributed by atoms with Crippen LogP contribution in [0.4, 0.5) is 0 Å². The third-order valence-corrected chi connectivity index (χ3v) is 5.95. The molecular formula is C22H26N2O5S. The largest absolute Gasteiger partial charge is 0.494 e. The summed E-state index contributed by atoms with van der Waals surface area (Å²) >= 11 is 1.18. The summed E-state index contributed by atoms with van der Waals surface area (Å²) in [4.78, 5) is 30.5. The van der Waals surface area contributed by atoms with E-state index in [-0.39, 0.29) is 12.2 Å². The molecule has 1 aromatic carbocycles. The Morgan fingerprint density at radius 3 is 2.63 bits per heavy atom. The second-order valence-electron chi connectivity index (χ2n) is 6.81. The van der Waals surface area contributed by atoms with Crippen LogP contribution < -0.4 is 10.3 Å². The number of esters is 1. The van der Waals surface area contributed by atoms with Crippen molar-refractivity contribution in [3.63, 3.8) is 0 Å². The number of hydrogen-bond acceptors (Lipinski definition) is 7. The molecule has 0 fully saturated rings. The zero-order valence-electron chi connectivity index (χ0n) is 17.5. The van der Waals surface area contributed by atoms with Gasteiger partial charge in [-0.2, -0.15) is 0 Å². The van der Waals surface area contributed by atoms with Crippen LogP contribution in [0, 0.1) is 6.92 Å². The first kappa shape index (κ1) is 22.0. The molecule has 0 unspecified atom stereocenters. The van der Waals surface area contributed by atoms with Crippen LogP contribution >= 0.6 is 11.3 Å². The molecule has 0 radical (unpaired) electrons. The molecule has 0 aliphatic heterocycles. The number of nitrogens with zero attached hydrogens (tertiary/aromatic N) is 2. The van der Waals surface area contributed by atoms with Gasteiger partial charge in [-0.15, -0.1) is 11.3 Å². The first-order valence-electron chi connectivity index (χ1n) is 9.91. The quantitative estimate of drug-likeness (QED) is 0.361. The van der Waals surface area contributed by atoms with Gasteiger partial charge in [0, 0.05) is 13.7 Å². The topological polar surface area (TPSA) is 79.7 Å². The predicted octanol–water partition coefficient (Wildman–Crippen LogP) is 3.60. The van der Waals surface area contributed by atoms with Crippen LogP contribution in [0.3, 0.4) is 0 Å². The normalized spacial score (nSPS) is 11.0. The number of methoxy groups -OCH3 is 1. The summed E-state index contributed by atoms with van der Waals surface area (Å²) in [7, 11) is 1.54. The molecule has 2 aromatic heterocycles. The van der Waals surface area contributed by atoms with Crippen LogP contribution in [-0.4, -0.2) is 42.5 Å². The average molecular weight is 431 g/mol. The highest BCUT2D eigenvalue weighted by atomic mass is 32.1. The van der Waals surface area contributed by atoms with Gasteiger partial charge in [0.1, 0.15) is 22.1 Å². The highest BCUT2D eigenvalue weighted by Gasteiger charge is 2.20. The number of ether oxygens (including phenoxy) is 3. The van der Waals surface area contributed by atoms with Gasteiger partial charge in [-0.1, -0.05) is 19.1 Å². The van der Waals surface area contributed by atoms with Crippen LogP contribution in [0.15, 0.2) is 35.4 Å². The standard InChI is InChI=1S/C22H26N2O5S/c1-4-16-6-8-17(9-7-16)28-11-5-10-24-14-23-20-18(21(24)25)15(2)19(30-20)22(26)29-13-12-27-3/h6-9,14H,4-5,10-13H2,1-3H3. The second-order valence-corrected chi connectivity index (χ2v) is 7.81. The molecule has 0 aliphatic carbocycles. The fourth-order valence-corrected chi connectivity index (χ4v) is 4.08. The minimum atomic E-state index is -0.457. The zero-order chi connectivity index (χ0) is 21.5. The number of rotatable bonds is 10. The summed E-state index contributed by atoms with van der Waals surface area (Å²) in [5.74, 6) is 0.361. The summed E-state index contributed by atoms with van der Waals surface area (Å²) in [6.45, 7) is 5.34. The van der Waals surface area contributed by atoms with Gasteiger partial charge in [-0.25, -0.2) is 9.78 Å². The van der Waals surface area contributed by atoms with E-state index in [4.69, 9.17) is 14.2 Å². The molecule has 0 aliphatic rings. The van der Waals surface area contributed by atoms with E-state index in [2.05, 4.69) is 24.0 Å². The van der Waals surface area contributed by atoms with Crippen molar-refractivity contribution in [1.82, 2.24) is 9.55 Å². The fraction of sp³-hybridized carbons (Fsp3) is 0.409. The molecular weight excluding hydrogens is 404 g/mol. The number of fused-ring (bicyclic) bond motifs is 1. The van der Waals surface area contributed by atoms with Gasteiger partial charge in [-0.3, -0.25) is 9.36 Å². The van der Waals surface area contributed by atoms with Gasteiger partial charge in [-0.05, 0) is 43.0 Å². The van der Waals surface area contributed by atoms with E-state index < -0.39 is 5.97 Å². The number of thiophene rings is 1. The molecule has 0 amide bonds. The fourth-order valence-electron chi connectivity index (χ4n) is 3.04. The number of benzene rings is 1. The lowest BCUT2D eigenvalue weighted by Crippen LogP contribution is -2.21. The Labute approximate surface area is 179 Å². The lowest BCUT2D eigenvalue weighted by Gasteiger charge is -2.08. The van der Waals surface area contributed by atoms with Crippen molar-refractivity contribution in [2.45, 2.75) is 33.2 Å². The number of aromatic nitrogens is 2. The molecule has 0 N–H and O–H groups in total. The molecule has 0 spiro atoms. The van der Waals surface area contributed by atoms with Crippen LogP contribution in [0.2, 0.25) is 0 Å². The minimum Gasteiger partial charge on any atom is -0.494 e. The molecule has 3 rings (SSSR count). The summed E-state index contributed by atoms with van der Waals surface area (Å²) in [5.41, 5.74) is 1.72. The van der Waals surface area contributed by atoms with Gasteiger partial charge in [0.2, 0.25) is 0 Å². The predicted molar refractivity (Wildman–Crippen MR) is 117 cm³/mol. The Morgan fingerprint density at radius 2 is 1.93 bits per heavy atom. The Balaban J connectivity index is 1.65. The summed E-state index contributed by atoms with van der Waals surface area (Å²) < 4.78 is 17.4. The second kappa shape index (κ2) is 10.4. The maximum absolute atomic E-state index is 12.9. The van der Waals surface area contributed by atoms with Gasteiger partial charge in [0.25, 0.3) is 5.56 Å². The van der Waals surface area contributed by atoms with Gasteiger partial charge in [0.15, 0.2) is 0 Å². The Bertz CT molecular complexity index is 1060. The summed E-state index contributed by atoms with van der Waals surface area (Å²) in [6, 6.07) is 8.02. The molecule has 160 valence electrons. The van der Waals surface area contributed by atoms with E-state index in [1.807, 2.05) is 12.1 Å². The monoisotopic (exact) mass is 430 g/mol. The van der Waals surface area contributed by atoms with Gasteiger partial charge in [0.05, 0.1) is 24.9 Å². The van der Waals surface area contributed by atoms with Crippen molar-refractivity contribution in [3.8, 4) is 5.75 Å². The Hall–Kier alpha value is -2.71. The molecule has 30 heavy (non-hydrogen) atoms. The molecule has 0 bridgehead atoms. The van der Waals surface area contributed by atoms with Crippen LogP contribution in [0.5, 0.6) is 5.75 Å². The molecule has 0 saturated carbocycles. The molecule has 2 heterocycles. The van der Waals surface area contributed by atoms with Gasteiger partial charge >= 0.3 is 5.97 Å². The maximum Gasteiger partial charge on any atom is 0.348 e. The van der Waals surface area contributed by atoms with Crippen molar-refractivity contribution in [1.29, 1.82) is 0 Å². The molecule has 8 heteroatoms. The lowest BCUT2D eigenvalue weighted by molar-refractivity contribution is 0.0393. The van der Waals surface area contributed by atoms with Crippen LogP contribution in [0.1, 0.15) is 34.1 Å². The van der Waals surface area contributed by atoms with Crippen LogP contribution in [0.25, 0.3) is 10.2 Å². The molecule has 7 nitrogen and oxygen atoms in total. The molecule has 3 aromatic rings. The number of hydrogen-bond donors (Lipinski definition) is 0. The Kier molecular flexibility index (Phi) is 7.59. The first-order chi connectivity index (χ1) is 14.5. The minimum absolute atomic E-state index is 0.156. The summed E-state index contributed by atoms with van der Waals surface area (Å²) in [5, 5.41) is 0.470. The van der Waals surface area contributed by atoms with Crippen molar-refractivity contribution in [2.75, 3.05) is 26.9 Å². The molecule has 0 atom stereocenters. The van der Waals surface area contributed by atoms with E-state index in [0.717, 1.165) is 12.2 Å². The molecule has 0 saturated heterocycles. The smallest absolute Gasteiger partial charge is 0.348 e. The third-order valence-electron chi connectivity index (χ3n) is 4.77. The summed E-state index contributed by atoms with van der Waals surface area (Å²) in [6.07, 6.45) is 3.18. The zero-order valence-corrected chi connectivity index (χ0v) is 18.3. The first-order valence-corrected chi connectivity index (χ1v) is 10.7. The van der Waals surface area contributed by atoms with E-state index in [1.54, 1.807) is 11.5 Å². The van der Waals surface area contributed by atoms with E-state index >= 15 is 0 Å². The number of carbonyl (C=O) groups is 1. The SMILES string of the molecule is CCc1ccc(OCCCn2cnc3sc(C(=O)OCCOC)c(C)c3c2=O)cc1. The van der Waals surface area contributed by atoms with Crippen LogP contribution in [-0.2, 0) is 22.4 Å². The van der Waals surface area contributed by atoms with Crippen molar-refractivity contribution in [3.05, 3.63) is 57.0 Å². The van der Waals surface area contributed by atoms with E-state index in [1.165, 1.54) is 30.3 Å². The van der Waals surface area contributed by atoms with E-state index in [9.17, 15) is 9.59 Å². The highest BCUT2D eigenvalue weighted by Crippen LogP contribution is 2.27. The highest BCUT2D eigenvalue weighted by molar-refractivity contribution is 7.20. The maximum atomic E-state index is 12.9. The average Bonchev–Trinajstić information content (AvgIpc) is 3.10. The number of aryl methyl sites for hydroxylation is 3. The van der Waals surface area contributed by atoms with Crippen molar-refractivity contribution >= 4 is 27.5 Å². The van der Waals surface area contributed by atoms with E-state index in [0.29, 0.717) is 46.8 Å². The van der Waals surface area contributed by atoms with Crippen molar-refractivity contribution in [2.24, 2.45) is 0 Å². The number of carbonyl (C=O) groups excluding carboxylic acids is 1.